The zero-order chi connectivity index (χ0) is 11.8. The van der Waals surface area contributed by atoms with Gasteiger partial charge < -0.3 is 4.42 Å². The van der Waals surface area contributed by atoms with Crippen LogP contribution in [0.1, 0.15) is 10.9 Å². The van der Waals surface area contributed by atoms with Crippen LogP contribution in [0.2, 0.25) is 0 Å². The van der Waals surface area contributed by atoms with Gasteiger partial charge in [0.2, 0.25) is 0 Å². The molecule has 0 spiro atoms. The third kappa shape index (κ3) is 1.69. The van der Waals surface area contributed by atoms with Gasteiger partial charge in [0.15, 0.2) is 16.5 Å². The smallest absolute Gasteiger partial charge is 0.194 e. The van der Waals surface area contributed by atoms with E-state index in [0.29, 0.717) is 10.9 Å². The van der Waals surface area contributed by atoms with E-state index in [4.69, 9.17) is 9.68 Å². The highest BCUT2D eigenvalue weighted by Crippen LogP contribution is 2.25. The van der Waals surface area contributed by atoms with Gasteiger partial charge in [0.1, 0.15) is 11.6 Å². The number of fused-ring (bicyclic) bond motifs is 1. The summed E-state index contributed by atoms with van der Waals surface area (Å²) in [5, 5.41) is 11.1. The van der Waals surface area contributed by atoms with Gasteiger partial charge in [0.25, 0.3) is 0 Å². The van der Waals surface area contributed by atoms with Gasteiger partial charge in [-0.15, -0.1) is 11.3 Å². The Hall–Kier alpha value is -2.19. The Bertz CT molecular complexity index is 736. The van der Waals surface area contributed by atoms with Crippen LogP contribution in [0.4, 0.5) is 0 Å². The van der Waals surface area contributed by atoms with E-state index in [2.05, 4.69) is 9.97 Å². The number of rotatable bonds is 1. The molecule has 0 radical (unpaired) electrons. The quantitative estimate of drug-likeness (QED) is 0.656. The summed E-state index contributed by atoms with van der Waals surface area (Å²) in [5.41, 5.74) is 3.33. The topological polar surface area (TPSA) is 62.7 Å². The van der Waals surface area contributed by atoms with Gasteiger partial charge in [0, 0.05) is 17.9 Å². The maximum Gasteiger partial charge on any atom is 0.194 e. The third-order valence-corrected chi connectivity index (χ3v) is 3.14. The summed E-state index contributed by atoms with van der Waals surface area (Å²) in [5.74, 6) is 0.646. The summed E-state index contributed by atoms with van der Waals surface area (Å²) in [4.78, 5) is 8.48. The summed E-state index contributed by atoms with van der Waals surface area (Å²) in [7, 11) is 0. The second kappa shape index (κ2) is 3.68. The summed E-state index contributed by atoms with van der Waals surface area (Å²) in [6, 6.07) is 7.74. The SMILES string of the molecule is Cc1nc2cc(-c3csc(C#N)n3)ccc2o1. The monoisotopic (exact) mass is 241 g/mol. The van der Waals surface area contributed by atoms with E-state index < -0.39 is 0 Å². The minimum absolute atomic E-state index is 0.469. The van der Waals surface area contributed by atoms with Crippen LogP contribution in [-0.2, 0) is 0 Å². The van der Waals surface area contributed by atoms with Gasteiger partial charge in [-0.2, -0.15) is 5.26 Å². The number of hydrogen-bond donors (Lipinski definition) is 0. The minimum atomic E-state index is 0.469. The molecule has 0 saturated carbocycles. The van der Waals surface area contributed by atoms with Gasteiger partial charge >= 0.3 is 0 Å². The van der Waals surface area contributed by atoms with Gasteiger partial charge in [-0.1, -0.05) is 0 Å². The molecule has 0 aliphatic carbocycles. The van der Waals surface area contributed by atoms with E-state index in [9.17, 15) is 0 Å². The Labute approximate surface area is 101 Å². The average molecular weight is 241 g/mol. The molecule has 0 unspecified atom stereocenters. The maximum atomic E-state index is 8.74. The van der Waals surface area contributed by atoms with Gasteiger partial charge in [0.05, 0.1) is 5.69 Å². The summed E-state index contributed by atoms with van der Waals surface area (Å²) in [6.07, 6.45) is 0. The van der Waals surface area contributed by atoms with Gasteiger partial charge in [-0.3, -0.25) is 0 Å². The normalized spacial score (nSPS) is 10.6. The van der Waals surface area contributed by atoms with Crippen LogP contribution < -0.4 is 0 Å². The second-order valence-electron chi connectivity index (χ2n) is 3.57. The summed E-state index contributed by atoms with van der Waals surface area (Å²) in [6.45, 7) is 1.82. The second-order valence-corrected chi connectivity index (χ2v) is 4.42. The Morgan fingerprint density at radius 3 is 3.00 bits per heavy atom. The molecule has 17 heavy (non-hydrogen) atoms. The molecule has 1 aromatic carbocycles. The molecule has 2 aromatic heterocycles. The number of benzene rings is 1. The number of aryl methyl sites for hydroxylation is 1. The van der Waals surface area contributed by atoms with Crippen LogP contribution in [0.25, 0.3) is 22.4 Å². The van der Waals surface area contributed by atoms with Crippen molar-refractivity contribution in [2.75, 3.05) is 0 Å². The Morgan fingerprint density at radius 1 is 1.35 bits per heavy atom. The molecule has 0 saturated heterocycles. The van der Waals surface area contributed by atoms with Crippen molar-refractivity contribution in [3.8, 4) is 17.3 Å². The first kappa shape index (κ1) is 10.00. The summed E-state index contributed by atoms with van der Waals surface area (Å²) < 4.78 is 5.40. The predicted octanol–water partition coefficient (Wildman–Crippen LogP) is 3.13. The van der Waals surface area contributed by atoms with Crippen LogP contribution in [0.15, 0.2) is 28.0 Å². The molecule has 0 atom stereocenters. The molecule has 3 rings (SSSR count). The van der Waals surface area contributed by atoms with E-state index in [1.807, 2.05) is 36.6 Å². The van der Waals surface area contributed by atoms with Crippen LogP contribution in [0.5, 0.6) is 0 Å². The molecule has 3 aromatic rings. The van der Waals surface area contributed by atoms with Crippen molar-refractivity contribution in [1.82, 2.24) is 9.97 Å². The Morgan fingerprint density at radius 2 is 2.24 bits per heavy atom. The molecular formula is C12H7N3OS. The molecule has 0 N–H and O–H groups in total. The van der Waals surface area contributed by atoms with Crippen molar-refractivity contribution < 1.29 is 4.42 Å². The predicted molar refractivity (Wildman–Crippen MR) is 64.6 cm³/mol. The zero-order valence-electron chi connectivity index (χ0n) is 8.97. The fraction of sp³-hybridized carbons (Fsp3) is 0.0833. The number of aromatic nitrogens is 2. The van der Waals surface area contributed by atoms with Crippen molar-refractivity contribution >= 4 is 22.4 Å². The highest BCUT2D eigenvalue weighted by atomic mass is 32.1. The molecule has 2 heterocycles. The van der Waals surface area contributed by atoms with Crippen LogP contribution in [0.3, 0.4) is 0 Å². The Kier molecular flexibility index (Phi) is 2.16. The van der Waals surface area contributed by atoms with Crippen molar-refractivity contribution in [3.63, 3.8) is 0 Å². The Balaban J connectivity index is 2.14. The highest BCUT2D eigenvalue weighted by Gasteiger charge is 2.07. The van der Waals surface area contributed by atoms with Crippen LogP contribution in [-0.4, -0.2) is 9.97 Å². The lowest BCUT2D eigenvalue weighted by atomic mass is 10.1. The van der Waals surface area contributed by atoms with E-state index in [1.54, 1.807) is 0 Å². The maximum absolute atomic E-state index is 8.74. The fourth-order valence-electron chi connectivity index (χ4n) is 1.66. The van der Waals surface area contributed by atoms with Gasteiger partial charge in [-0.05, 0) is 18.2 Å². The molecule has 82 valence electrons. The minimum Gasteiger partial charge on any atom is -0.441 e. The standard InChI is InChI=1S/C12H7N3OS/c1-7-14-9-4-8(2-3-11(9)16-7)10-6-17-12(5-13)15-10/h2-4,6H,1H3. The molecular weight excluding hydrogens is 234 g/mol. The highest BCUT2D eigenvalue weighted by molar-refractivity contribution is 7.10. The first-order valence-corrected chi connectivity index (χ1v) is 5.87. The average Bonchev–Trinajstić information content (AvgIpc) is 2.92. The van der Waals surface area contributed by atoms with Crippen molar-refractivity contribution in [2.45, 2.75) is 6.92 Å². The van der Waals surface area contributed by atoms with Crippen molar-refractivity contribution in [3.05, 3.63) is 34.5 Å². The van der Waals surface area contributed by atoms with Crippen molar-refractivity contribution in [1.29, 1.82) is 5.26 Å². The third-order valence-electron chi connectivity index (χ3n) is 2.39. The van der Waals surface area contributed by atoms with Crippen molar-refractivity contribution in [2.24, 2.45) is 0 Å². The lowest BCUT2D eigenvalue weighted by Crippen LogP contribution is -1.79. The first-order chi connectivity index (χ1) is 8.26. The summed E-state index contributed by atoms with van der Waals surface area (Å²) >= 11 is 1.34. The van der Waals surface area contributed by atoms with E-state index >= 15 is 0 Å². The molecule has 0 aliphatic rings. The lowest BCUT2D eigenvalue weighted by Gasteiger charge is -1.94. The number of nitrogens with zero attached hydrogens (tertiary/aromatic N) is 3. The van der Waals surface area contributed by atoms with Gasteiger partial charge in [-0.25, -0.2) is 9.97 Å². The number of nitriles is 1. The largest absolute Gasteiger partial charge is 0.441 e. The van der Waals surface area contributed by atoms with E-state index in [0.717, 1.165) is 22.4 Å². The van der Waals surface area contributed by atoms with E-state index in [-0.39, 0.29) is 0 Å². The molecule has 0 aliphatic heterocycles. The molecule has 0 amide bonds. The molecule has 0 bridgehead atoms. The molecule has 0 fully saturated rings. The van der Waals surface area contributed by atoms with Crippen LogP contribution >= 0.6 is 11.3 Å². The first-order valence-electron chi connectivity index (χ1n) is 4.99. The molecule has 4 nitrogen and oxygen atoms in total. The van der Waals surface area contributed by atoms with E-state index in [1.165, 1.54) is 11.3 Å². The number of hydrogen-bond acceptors (Lipinski definition) is 5. The molecule has 5 heteroatoms. The zero-order valence-corrected chi connectivity index (χ0v) is 9.78. The lowest BCUT2D eigenvalue weighted by molar-refractivity contribution is 0.561. The number of oxazole rings is 1. The fourth-order valence-corrected chi connectivity index (χ4v) is 2.28. The van der Waals surface area contributed by atoms with Crippen LogP contribution in [0, 0.1) is 18.3 Å². The number of thiazole rings is 1.